The summed E-state index contributed by atoms with van der Waals surface area (Å²) in [7, 11) is 1.60. The minimum atomic E-state index is 0.724. The van der Waals surface area contributed by atoms with E-state index in [0.29, 0.717) is 0 Å². The van der Waals surface area contributed by atoms with Crippen molar-refractivity contribution in [1.82, 2.24) is 5.48 Å². The monoisotopic (exact) mass is 133 g/mol. The van der Waals surface area contributed by atoms with E-state index in [1.165, 1.54) is 0 Å². The van der Waals surface area contributed by atoms with Crippen LogP contribution in [0.4, 0.5) is 0 Å². The van der Waals surface area contributed by atoms with Gasteiger partial charge in [-0.05, 0) is 6.42 Å². The highest BCUT2D eigenvalue weighted by Crippen LogP contribution is 1.77. The summed E-state index contributed by atoms with van der Waals surface area (Å²) in [5, 5.41) is 0. The molecule has 0 aliphatic heterocycles. The van der Waals surface area contributed by atoms with Crippen molar-refractivity contribution in [1.29, 1.82) is 0 Å². The summed E-state index contributed by atoms with van der Waals surface area (Å²) in [5.41, 5.74) is 2.68. The fourth-order valence-electron chi connectivity index (χ4n) is 0.462. The summed E-state index contributed by atoms with van der Waals surface area (Å²) in [5.74, 6) is 0. The predicted octanol–water partition coefficient (Wildman–Crippen LogP) is 0.564. The van der Waals surface area contributed by atoms with Crippen LogP contribution in [0.25, 0.3) is 0 Å². The van der Waals surface area contributed by atoms with Crippen molar-refractivity contribution >= 4 is 0 Å². The van der Waals surface area contributed by atoms with Crippen molar-refractivity contribution < 1.29 is 9.57 Å². The zero-order valence-corrected chi connectivity index (χ0v) is 6.14. The molecule has 0 bridgehead atoms. The molecule has 0 rings (SSSR count). The highest BCUT2D eigenvalue weighted by Gasteiger charge is 1.83. The molecule has 0 unspecified atom stereocenters. The van der Waals surface area contributed by atoms with Crippen LogP contribution in [0.3, 0.4) is 0 Å². The second kappa shape index (κ2) is 7.88. The second-order valence-electron chi connectivity index (χ2n) is 1.71. The van der Waals surface area contributed by atoms with Gasteiger partial charge in [-0.2, -0.15) is 0 Å². The molecule has 0 heterocycles. The minimum Gasteiger partial charge on any atom is -0.380 e. The average Bonchev–Trinajstić information content (AvgIpc) is 1.89. The van der Waals surface area contributed by atoms with Gasteiger partial charge < -0.3 is 9.57 Å². The molecule has 0 saturated heterocycles. The molecule has 0 aromatic rings. The second-order valence-corrected chi connectivity index (χ2v) is 1.71. The predicted molar refractivity (Wildman–Crippen MR) is 36.1 cm³/mol. The van der Waals surface area contributed by atoms with Gasteiger partial charge in [-0.3, -0.25) is 0 Å². The van der Waals surface area contributed by atoms with Crippen LogP contribution < -0.4 is 5.48 Å². The van der Waals surface area contributed by atoms with Gasteiger partial charge in [-0.1, -0.05) is 6.92 Å². The summed E-state index contributed by atoms with van der Waals surface area (Å²) in [6.45, 7) is 4.41. The molecule has 0 aromatic heterocycles. The van der Waals surface area contributed by atoms with Gasteiger partial charge in [0, 0.05) is 13.2 Å². The molecular formula is C6H15NO2. The summed E-state index contributed by atoms with van der Waals surface area (Å²) in [6.07, 6.45) is 1.08. The van der Waals surface area contributed by atoms with E-state index in [0.717, 1.165) is 26.2 Å². The first-order valence-electron chi connectivity index (χ1n) is 3.25. The first-order valence-corrected chi connectivity index (χ1v) is 3.25. The Hall–Kier alpha value is -0.120. The third-order valence-corrected chi connectivity index (χ3v) is 0.841. The maximum Gasteiger partial charge on any atom is 0.0614 e. The number of ether oxygens (including phenoxy) is 1. The number of nitrogens with one attached hydrogen (secondary N) is 1. The molecule has 3 nitrogen and oxygen atoms in total. The van der Waals surface area contributed by atoms with Gasteiger partial charge in [0.2, 0.25) is 0 Å². The molecule has 0 fully saturated rings. The van der Waals surface area contributed by atoms with Crippen molar-refractivity contribution in [3.05, 3.63) is 0 Å². The molecule has 3 heteroatoms. The van der Waals surface area contributed by atoms with Crippen molar-refractivity contribution in [2.24, 2.45) is 0 Å². The molecule has 0 saturated carbocycles. The molecule has 56 valence electrons. The van der Waals surface area contributed by atoms with E-state index in [-0.39, 0.29) is 0 Å². The molecule has 9 heavy (non-hydrogen) atoms. The number of hydrogen-bond acceptors (Lipinski definition) is 3. The lowest BCUT2D eigenvalue weighted by Crippen LogP contribution is -2.18. The van der Waals surface area contributed by atoms with Crippen LogP contribution in [0.15, 0.2) is 0 Å². The average molecular weight is 133 g/mol. The Bertz CT molecular complexity index is 44.3. The summed E-state index contributed by atoms with van der Waals surface area (Å²) in [6, 6.07) is 0. The van der Waals surface area contributed by atoms with E-state index in [1.807, 2.05) is 0 Å². The van der Waals surface area contributed by atoms with Gasteiger partial charge in [-0.15, -0.1) is 0 Å². The molecule has 0 amide bonds. The number of hydroxylamine groups is 1. The number of rotatable bonds is 6. The van der Waals surface area contributed by atoms with E-state index in [1.54, 1.807) is 7.11 Å². The molecular weight excluding hydrogens is 118 g/mol. The lowest BCUT2D eigenvalue weighted by molar-refractivity contribution is 0.0556. The van der Waals surface area contributed by atoms with Gasteiger partial charge in [0.25, 0.3) is 0 Å². The smallest absolute Gasteiger partial charge is 0.0614 e. The summed E-state index contributed by atoms with van der Waals surface area (Å²) >= 11 is 0. The van der Waals surface area contributed by atoms with Gasteiger partial charge in [-0.25, -0.2) is 5.48 Å². The van der Waals surface area contributed by atoms with E-state index in [2.05, 4.69) is 17.2 Å². The van der Waals surface area contributed by atoms with Crippen molar-refractivity contribution in [3.63, 3.8) is 0 Å². The summed E-state index contributed by atoms with van der Waals surface area (Å²) in [4.78, 5) is 4.59. The van der Waals surface area contributed by atoms with Crippen molar-refractivity contribution in [3.8, 4) is 0 Å². The van der Waals surface area contributed by atoms with Gasteiger partial charge in [0.15, 0.2) is 0 Å². The maximum absolute atomic E-state index is 5.14. The minimum absolute atomic E-state index is 0.724. The van der Waals surface area contributed by atoms with Crippen LogP contribution >= 0.6 is 0 Å². The van der Waals surface area contributed by atoms with Gasteiger partial charge >= 0.3 is 0 Å². The van der Waals surface area contributed by atoms with Crippen LogP contribution in [0.2, 0.25) is 0 Å². The first-order chi connectivity index (χ1) is 4.41. The highest BCUT2D eigenvalue weighted by molar-refractivity contribution is 4.31. The van der Waals surface area contributed by atoms with Crippen LogP contribution in [0.5, 0.6) is 0 Å². The standard InChI is InChI=1S/C6H15NO2/c1-3-5-9-6-4-7-8-2/h7H,3-6H2,1-2H3. The molecule has 0 atom stereocenters. The molecule has 0 radical (unpaired) electrons. The molecule has 0 aromatic carbocycles. The Morgan fingerprint density at radius 1 is 1.33 bits per heavy atom. The van der Waals surface area contributed by atoms with Crippen LogP contribution in [0, 0.1) is 0 Å². The van der Waals surface area contributed by atoms with Crippen molar-refractivity contribution in [2.75, 3.05) is 26.9 Å². The number of hydrogen-bond donors (Lipinski definition) is 1. The third-order valence-electron chi connectivity index (χ3n) is 0.841. The zero-order chi connectivity index (χ0) is 6.95. The van der Waals surface area contributed by atoms with E-state index in [9.17, 15) is 0 Å². The lowest BCUT2D eigenvalue weighted by Gasteiger charge is -2.01. The normalized spacial score (nSPS) is 10.0. The fourth-order valence-corrected chi connectivity index (χ4v) is 0.462. The molecule has 0 aliphatic carbocycles. The Morgan fingerprint density at radius 2 is 2.11 bits per heavy atom. The van der Waals surface area contributed by atoms with Crippen LogP contribution in [0.1, 0.15) is 13.3 Å². The molecule has 1 N–H and O–H groups in total. The van der Waals surface area contributed by atoms with Crippen LogP contribution in [-0.4, -0.2) is 26.9 Å². The first kappa shape index (κ1) is 8.88. The van der Waals surface area contributed by atoms with E-state index >= 15 is 0 Å². The molecule has 0 aliphatic rings. The summed E-state index contributed by atoms with van der Waals surface area (Å²) < 4.78 is 5.14. The third kappa shape index (κ3) is 7.88. The van der Waals surface area contributed by atoms with E-state index in [4.69, 9.17) is 4.74 Å². The Morgan fingerprint density at radius 3 is 2.67 bits per heavy atom. The van der Waals surface area contributed by atoms with Gasteiger partial charge in [0.05, 0.1) is 13.7 Å². The largest absolute Gasteiger partial charge is 0.380 e. The molecule has 0 spiro atoms. The maximum atomic E-state index is 5.14. The Kier molecular flexibility index (Phi) is 7.77. The SMILES string of the molecule is CCCOCCNOC. The topological polar surface area (TPSA) is 30.5 Å². The van der Waals surface area contributed by atoms with Crippen molar-refractivity contribution in [2.45, 2.75) is 13.3 Å². The lowest BCUT2D eigenvalue weighted by atomic mass is 10.5. The Balaban J connectivity index is 2.60. The highest BCUT2D eigenvalue weighted by atomic mass is 16.6. The van der Waals surface area contributed by atoms with Gasteiger partial charge in [0.1, 0.15) is 0 Å². The Labute approximate surface area is 56.3 Å². The fraction of sp³-hybridized carbons (Fsp3) is 1.00. The zero-order valence-electron chi connectivity index (χ0n) is 6.14. The quantitative estimate of drug-likeness (QED) is 0.424. The van der Waals surface area contributed by atoms with Crippen LogP contribution in [-0.2, 0) is 9.57 Å². The van der Waals surface area contributed by atoms with E-state index < -0.39 is 0 Å².